The van der Waals surface area contributed by atoms with Crippen LogP contribution in [0.5, 0.6) is 5.75 Å². The molecule has 10 heteroatoms. The number of hydrogen-bond acceptors (Lipinski definition) is 6. The highest BCUT2D eigenvalue weighted by atomic mass is 32.2. The van der Waals surface area contributed by atoms with Gasteiger partial charge < -0.3 is 10.1 Å². The topological polar surface area (TPSA) is 97.4 Å². The summed E-state index contributed by atoms with van der Waals surface area (Å²) in [5.74, 6) is 0.0695. The van der Waals surface area contributed by atoms with Crippen molar-refractivity contribution in [1.29, 1.82) is 0 Å². The highest BCUT2D eigenvalue weighted by molar-refractivity contribution is 7.93. The van der Waals surface area contributed by atoms with E-state index in [0.717, 1.165) is 34.6 Å². The summed E-state index contributed by atoms with van der Waals surface area (Å²) in [6.45, 7) is 1.99. The van der Waals surface area contributed by atoms with Gasteiger partial charge in [0.15, 0.2) is 5.13 Å². The molecule has 3 aromatic rings. The minimum atomic E-state index is -3.87. The monoisotopic (exact) mass is 447 g/mol. The second kappa shape index (κ2) is 8.04. The third-order valence-electron chi connectivity index (χ3n) is 4.57. The van der Waals surface area contributed by atoms with Crippen LogP contribution in [0.4, 0.5) is 9.52 Å². The highest BCUT2D eigenvalue weighted by Gasteiger charge is 2.23. The maximum Gasteiger partial charge on any atom is 0.263 e. The maximum absolute atomic E-state index is 13.1. The Labute approximate surface area is 177 Å². The molecule has 1 unspecified atom stereocenters. The van der Waals surface area contributed by atoms with Gasteiger partial charge in [0.25, 0.3) is 10.0 Å². The molecule has 0 radical (unpaired) electrons. The molecule has 0 bridgehead atoms. The van der Waals surface area contributed by atoms with Crippen molar-refractivity contribution >= 4 is 32.4 Å². The van der Waals surface area contributed by atoms with Gasteiger partial charge in [0.05, 0.1) is 23.2 Å². The molecule has 2 aromatic carbocycles. The normalized spacial score (nSPS) is 15.7. The van der Waals surface area contributed by atoms with Gasteiger partial charge in [-0.2, -0.15) is 0 Å². The zero-order valence-corrected chi connectivity index (χ0v) is 17.5. The van der Waals surface area contributed by atoms with Crippen LogP contribution in [0, 0.1) is 5.82 Å². The first-order valence-corrected chi connectivity index (χ1v) is 11.5. The number of aromatic nitrogens is 1. The number of rotatable bonds is 5. The molecule has 0 spiro atoms. The number of amides is 1. The Morgan fingerprint density at radius 2 is 2.00 bits per heavy atom. The number of halogens is 1. The minimum Gasteiger partial charge on any atom is -0.493 e. The Hall–Kier alpha value is -2.98. The highest BCUT2D eigenvalue weighted by Crippen LogP contribution is 2.36. The number of nitrogens with one attached hydrogen (secondary N) is 2. The molecule has 1 aromatic heterocycles. The van der Waals surface area contributed by atoms with E-state index in [1.54, 1.807) is 5.38 Å². The molecule has 156 valence electrons. The first-order valence-electron chi connectivity index (χ1n) is 9.10. The lowest BCUT2D eigenvalue weighted by Gasteiger charge is -2.26. The van der Waals surface area contributed by atoms with Crippen LogP contribution in [-0.4, -0.2) is 25.9 Å². The molecule has 4 rings (SSSR count). The van der Waals surface area contributed by atoms with E-state index in [9.17, 15) is 17.6 Å². The standard InChI is InChI=1S/C20H18FN3O4S2/c1-12(25)22-17-8-9-28-19-7-2-13(10-16(17)19)18-11-29-20(23-18)24-30(26,27)15-5-3-14(21)4-6-15/h2-7,10-11,17H,8-9H2,1H3,(H,22,25)(H,23,24). The molecule has 0 saturated heterocycles. The number of ether oxygens (including phenoxy) is 1. The van der Waals surface area contributed by atoms with Crippen LogP contribution in [-0.2, 0) is 14.8 Å². The number of carbonyl (C=O) groups is 1. The molecule has 2 heterocycles. The van der Waals surface area contributed by atoms with E-state index in [1.165, 1.54) is 19.1 Å². The predicted molar refractivity (Wildman–Crippen MR) is 111 cm³/mol. The summed E-state index contributed by atoms with van der Waals surface area (Å²) in [5, 5.41) is 4.85. The van der Waals surface area contributed by atoms with E-state index >= 15 is 0 Å². The lowest BCUT2D eigenvalue weighted by molar-refractivity contribution is -0.119. The summed E-state index contributed by atoms with van der Waals surface area (Å²) < 4.78 is 46.1. The average Bonchev–Trinajstić information content (AvgIpc) is 3.15. The van der Waals surface area contributed by atoms with Crippen LogP contribution in [0.25, 0.3) is 11.3 Å². The Balaban J connectivity index is 1.58. The Morgan fingerprint density at radius 3 is 2.73 bits per heavy atom. The van der Waals surface area contributed by atoms with Gasteiger partial charge in [-0.15, -0.1) is 11.3 Å². The fourth-order valence-electron chi connectivity index (χ4n) is 3.19. The fourth-order valence-corrected chi connectivity index (χ4v) is 5.16. The molecule has 1 amide bonds. The van der Waals surface area contributed by atoms with Gasteiger partial charge >= 0.3 is 0 Å². The van der Waals surface area contributed by atoms with Crippen molar-refractivity contribution in [3.63, 3.8) is 0 Å². The molecular formula is C20H18FN3O4S2. The summed E-state index contributed by atoms with van der Waals surface area (Å²) in [6.07, 6.45) is 0.663. The van der Waals surface area contributed by atoms with E-state index in [1.807, 2.05) is 18.2 Å². The number of sulfonamides is 1. The number of benzene rings is 2. The number of hydrogen-bond donors (Lipinski definition) is 2. The third-order valence-corrected chi connectivity index (χ3v) is 6.81. The van der Waals surface area contributed by atoms with Crippen molar-refractivity contribution < 1.29 is 22.3 Å². The third kappa shape index (κ3) is 4.29. The van der Waals surface area contributed by atoms with E-state index in [2.05, 4.69) is 15.0 Å². The number of fused-ring (bicyclic) bond motifs is 1. The molecule has 0 fully saturated rings. The summed E-state index contributed by atoms with van der Waals surface area (Å²) >= 11 is 1.14. The van der Waals surface area contributed by atoms with Crippen molar-refractivity contribution in [2.24, 2.45) is 0 Å². The Bertz CT molecular complexity index is 1190. The summed E-state index contributed by atoms with van der Waals surface area (Å²) in [5.41, 5.74) is 2.22. The van der Waals surface area contributed by atoms with Gasteiger partial charge in [0, 0.05) is 29.9 Å². The maximum atomic E-state index is 13.1. The molecule has 7 nitrogen and oxygen atoms in total. The van der Waals surface area contributed by atoms with Crippen LogP contribution < -0.4 is 14.8 Å². The second-order valence-corrected chi connectivity index (χ2v) is 9.28. The molecule has 2 N–H and O–H groups in total. The van der Waals surface area contributed by atoms with Crippen molar-refractivity contribution in [2.45, 2.75) is 24.3 Å². The van der Waals surface area contributed by atoms with Gasteiger partial charge in [-0.05, 0) is 42.5 Å². The quantitative estimate of drug-likeness (QED) is 0.622. The molecule has 1 aliphatic heterocycles. The van der Waals surface area contributed by atoms with Crippen LogP contribution in [0.2, 0.25) is 0 Å². The van der Waals surface area contributed by atoms with Gasteiger partial charge in [0.1, 0.15) is 11.6 Å². The lowest BCUT2D eigenvalue weighted by atomic mass is 9.97. The molecule has 0 saturated carbocycles. The van der Waals surface area contributed by atoms with Crippen molar-refractivity contribution in [3.8, 4) is 17.0 Å². The van der Waals surface area contributed by atoms with E-state index in [-0.39, 0.29) is 22.0 Å². The summed E-state index contributed by atoms with van der Waals surface area (Å²) in [6, 6.07) is 9.95. The van der Waals surface area contributed by atoms with E-state index in [0.29, 0.717) is 24.5 Å². The van der Waals surface area contributed by atoms with E-state index in [4.69, 9.17) is 4.74 Å². The van der Waals surface area contributed by atoms with Crippen LogP contribution in [0.15, 0.2) is 52.7 Å². The number of thiazole rings is 1. The zero-order valence-electron chi connectivity index (χ0n) is 15.9. The van der Waals surface area contributed by atoms with Crippen molar-refractivity contribution in [2.75, 3.05) is 11.3 Å². The van der Waals surface area contributed by atoms with Crippen molar-refractivity contribution in [1.82, 2.24) is 10.3 Å². The summed E-state index contributed by atoms with van der Waals surface area (Å²) in [7, 11) is -3.87. The average molecular weight is 448 g/mol. The first kappa shape index (κ1) is 20.3. The van der Waals surface area contributed by atoms with Gasteiger partial charge in [-0.3, -0.25) is 9.52 Å². The number of carbonyl (C=O) groups excluding carboxylic acids is 1. The fraction of sp³-hybridized carbons (Fsp3) is 0.200. The van der Waals surface area contributed by atoms with Crippen molar-refractivity contribution in [3.05, 3.63) is 59.2 Å². The number of nitrogens with zero attached hydrogens (tertiary/aromatic N) is 1. The SMILES string of the molecule is CC(=O)NC1CCOc2ccc(-c3csc(NS(=O)(=O)c4ccc(F)cc4)n3)cc21. The van der Waals surface area contributed by atoms with Crippen LogP contribution in [0.3, 0.4) is 0 Å². The first-order chi connectivity index (χ1) is 14.3. The minimum absolute atomic E-state index is 0.0512. The second-order valence-electron chi connectivity index (χ2n) is 6.74. The molecule has 1 atom stereocenters. The smallest absolute Gasteiger partial charge is 0.263 e. The summed E-state index contributed by atoms with van der Waals surface area (Å²) in [4.78, 5) is 15.8. The lowest BCUT2D eigenvalue weighted by Crippen LogP contribution is -2.30. The molecular weight excluding hydrogens is 429 g/mol. The van der Waals surface area contributed by atoms with Gasteiger partial charge in [0.2, 0.25) is 5.91 Å². The number of anilines is 1. The molecule has 1 aliphatic rings. The molecule has 30 heavy (non-hydrogen) atoms. The van der Waals surface area contributed by atoms with E-state index < -0.39 is 15.8 Å². The van der Waals surface area contributed by atoms with Crippen LogP contribution in [0.1, 0.15) is 24.9 Å². The molecule has 0 aliphatic carbocycles. The predicted octanol–water partition coefficient (Wildman–Crippen LogP) is 3.71. The van der Waals surface area contributed by atoms with Gasteiger partial charge in [-0.1, -0.05) is 0 Å². The largest absolute Gasteiger partial charge is 0.493 e. The Morgan fingerprint density at radius 1 is 1.23 bits per heavy atom. The zero-order chi connectivity index (χ0) is 21.3. The van der Waals surface area contributed by atoms with Gasteiger partial charge in [-0.25, -0.2) is 17.8 Å². The van der Waals surface area contributed by atoms with Crippen LogP contribution >= 0.6 is 11.3 Å². The Kier molecular flexibility index (Phi) is 5.44.